The molecule has 1 saturated carbocycles. The predicted octanol–water partition coefficient (Wildman–Crippen LogP) is 1.78. The van der Waals surface area contributed by atoms with Gasteiger partial charge < -0.3 is 10.2 Å². The van der Waals surface area contributed by atoms with Crippen LogP contribution in [0.1, 0.15) is 46.0 Å². The lowest BCUT2D eigenvalue weighted by molar-refractivity contribution is -0.131. The molecule has 3 heteroatoms. The summed E-state index contributed by atoms with van der Waals surface area (Å²) in [4.78, 5) is 13.7. The van der Waals surface area contributed by atoms with Crippen molar-refractivity contribution in [1.82, 2.24) is 10.2 Å². The molecule has 0 aromatic carbocycles. The molecule has 1 aliphatic rings. The maximum Gasteiger partial charge on any atom is 0.223 e. The minimum atomic E-state index is 0.305. The van der Waals surface area contributed by atoms with E-state index in [0.29, 0.717) is 18.4 Å². The van der Waals surface area contributed by atoms with Gasteiger partial charge >= 0.3 is 0 Å². The smallest absolute Gasteiger partial charge is 0.223 e. The molecule has 0 aromatic rings. The van der Waals surface area contributed by atoms with Crippen LogP contribution in [-0.4, -0.2) is 36.5 Å². The zero-order valence-corrected chi connectivity index (χ0v) is 10.1. The van der Waals surface area contributed by atoms with Crippen molar-refractivity contribution in [1.29, 1.82) is 0 Å². The fourth-order valence-electron chi connectivity index (χ4n) is 1.64. The Morgan fingerprint density at radius 1 is 1.40 bits per heavy atom. The minimum absolute atomic E-state index is 0.305. The molecule has 1 aliphatic carbocycles. The Morgan fingerprint density at radius 3 is 2.67 bits per heavy atom. The van der Waals surface area contributed by atoms with Crippen molar-refractivity contribution in [3.05, 3.63) is 0 Å². The maximum absolute atomic E-state index is 11.8. The van der Waals surface area contributed by atoms with Gasteiger partial charge in [-0.1, -0.05) is 13.3 Å². The zero-order valence-electron chi connectivity index (χ0n) is 10.1. The van der Waals surface area contributed by atoms with Crippen molar-refractivity contribution in [2.24, 2.45) is 0 Å². The lowest BCUT2D eigenvalue weighted by Crippen LogP contribution is -2.34. The van der Waals surface area contributed by atoms with E-state index in [4.69, 9.17) is 0 Å². The first-order valence-electron chi connectivity index (χ1n) is 6.29. The van der Waals surface area contributed by atoms with Crippen LogP contribution in [-0.2, 0) is 4.79 Å². The van der Waals surface area contributed by atoms with Gasteiger partial charge in [-0.15, -0.1) is 0 Å². The van der Waals surface area contributed by atoms with Crippen molar-refractivity contribution in [3.8, 4) is 0 Å². The molecule has 15 heavy (non-hydrogen) atoms. The number of carbonyl (C=O) groups excluding carboxylic acids is 1. The summed E-state index contributed by atoms with van der Waals surface area (Å²) in [6.45, 7) is 6.85. The number of hydrogen-bond donors (Lipinski definition) is 1. The van der Waals surface area contributed by atoms with E-state index in [-0.39, 0.29) is 0 Å². The third-order valence-electron chi connectivity index (χ3n) is 2.87. The molecule has 0 spiro atoms. The van der Waals surface area contributed by atoms with Crippen molar-refractivity contribution in [2.45, 2.75) is 52.0 Å². The number of nitrogens with one attached hydrogen (secondary N) is 1. The Labute approximate surface area is 93.2 Å². The summed E-state index contributed by atoms with van der Waals surface area (Å²) in [5.74, 6) is 0.305. The van der Waals surface area contributed by atoms with Crippen LogP contribution in [0.25, 0.3) is 0 Å². The summed E-state index contributed by atoms with van der Waals surface area (Å²) in [6.07, 6.45) is 5.52. The first kappa shape index (κ1) is 12.5. The second-order valence-corrected chi connectivity index (χ2v) is 4.31. The number of carbonyl (C=O) groups is 1. The van der Waals surface area contributed by atoms with E-state index in [1.165, 1.54) is 12.8 Å². The molecular formula is C12H24N2O. The van der Waals surface area contributed by atoms with E-state index in [1.54, 1.807) is 0 Å². The summed E-state index contributed by atoms with van der Waals surface area (Å²) < 4.78 is 0. The molecule has 0 atom stereocenters. The van der Waals surface area contributed by atoms with Crippen molar-refractivity contribution in [3.63, 3.8) is 0 Å². The van der Waals surface area contributed by atoms with Crippen LogP contribution in [0, 0.1) is 0 Å². The Kier molecular flexibility index (Phi) is 5.69. The lowest BCUT2D eigenvalue weighted by atomic mass is 10.3. The molecule has 88 valence electrons. The number of unbranched alkanes of at least 4 members (excludes halogenated alkanes) is 1. The lowest BCUT2D eigenvalue weighted by Gasteiger charge is -2.20. The van der Waals surface area contributed by atoms with Crippen LogP contribution in [0.2, 0.25) is 0 Å². The summed E-state index contributed by atoms with van der Waals surface area (Å²) in [6, 6.07) is 0.712. The number of amides is 1. The highest BCUT2D eigenvalue weighted by Gasteiger charge is 2.20. The number of nitrogens with zero attached hydrogens (tertiary/aromatic N) is 1. The van der Waals surface area contributed by atoms with Gasteiger partial charge in [-0.25, -0.2) is 0 Å². The van der Waals surface area contributed by atoms with E-state index >= 15 is 0 Å². The quantitative estimate of drug-likeness (QED) is 0.665. The molecular weight excluding hydrogens is 188 g/mol. The van der Waals surface area contributed by atoms with Crippen LogP contribution >= 0.6 is 0 Å². The highest BCUT2D eigenvalue weighted by molar-refractivity contribution is 5.76. The molecule has 3 nitrogen and oxygen atoms in total. The summed E-state index contributed by atoms with van der Waals surface area (Å²) in [5.41, 5.74) is 0. The van der Waals surface area contributed by atoms with Crippen molar-refractivity contribution in [2.75, 3.05) is 19.6 Å². The summed E-state index contributed by atoms with van der Waals surface area (Å²) >= 11 is 0. The molecule has 1 amide bonds. The first-order valence-corrected chi connectivity index (χ1v) is 6.29. The second-order valence-electron chi connectivity index (χ2n) is 4.31. The average Bonchev–Trinajstić information content (AvgIpc) is 3.03. The largest absolute Gasteiger partial charge is 0.343 e. The van der Waals surface area contributed by atoms with Crippen molar-refractivity contribution >= 4 is 5.91 Å². The van der Waals surface area contributed by atoms with Gasteiger partial charge in [0.05, 0.1) is 0 Å². The van der Waals surface area contributed by atoms with E-state index in [2.05, 4.69) is 19.2 Å². The van der Waals surface area contributed by atoms with E-state index in [9.17, 15) is 4.79 Å². The van der Waals surface area contributed by atoms with Crippen LogP contribution in [0.5, 0.6) is 0 Å². The van der Waals surface area contributed by atoms with Gasteiger partial charge in [0.15, 0.2) is 0 Å². The SMILES string of the molecule is CCCCN(CC)C(=O)CCNC1CC1. The third-order valence-corrected chi connectivity index (χ3v) is 2.87. The third kappa shape index (κ3) is 5.17. The van der Waals surface area contributed by atoms with Gasteiger partial charge in [0, 0.05) is 32.1 Å². The standard InChI is InChI=1S/C12H24N2O/c1-3-5-10-14(4-2)12(15)8-9-13-11-6-7-11/h11,13H,3-10H2,1-2H3. The Hall–Kier alpha value is -0.570. The van der Waals surface area contributed by atoms with Gasteiger partial charge in [-0.05, 0) is 26.2 Å². The molecule has 0 saturated heterocycles. The Morgan fingerprint density at radius 2 is 2.13 bits per heavy atom. The normalized spacial score (nSPS) is 15.3. The topological polar surface area (TPSA) is 32.3 Å². The van der Waals surface area contributed by atoms with Crippen molar-refractivity contribution < 1.29 is 4.79 Å². The predicted molar refractivity (Wildman–Crippen MR) is 62.8 cm³/mol. The molecule has 0 heterocycles. The van der Waals surface area contributed by atoms with Crippen LogP contribution in [0.15, 0.2) is 0 Å². The monoisotopic (exact) mass is 212 g/mol. The highest BCUT2D eigenvalue weighted by Crippen LogP contribution is 2.18. The molecule has 0 aromatic heterocycles. The number of rotatable bonds is 8. The fraction of sp³-hybridized carbons (Fsp3) is 0.917. The van der Waals surface area contributed by atoms with Gasteiger partial charge in [0.2, 0.25) is 5.91 Å². The van der Waals surface area contributed by atoms with Gasteiger partial charge in [-0.3, -0.25) is 4.79 Å². The van der Waals surface area contributed by atoms with E-state index < -0.39 is 0 Å². The molecule has 1 N–H and O–H groups in total. The zero-order chi connectivity index (χ0) is 11.1. The number of hydrogen-bond acceptors (Lipinski definition) is 2. The van der Waals surface area contributed by atoms with E-state index in [0.717, 1.165) is 32.5 Å². The molecule has 1 fully saturated rings. The summed E-state index contributed by atoms with van der Waals surface area (Å²) in [5, 5.41) is 3.38. The first-order chi connectivity index (χ1) is 7.27. The fourth-order valence-corrected chi connectivity index (χ4v) is 1.64. The minimum Gasteiger partial charge on any atom is -0.343 e. The maximum atomic E-state index is 11.8. The van der Waals surface area contributed by atoms with Gasteiger partial charge in [-0.2, -0.15) is 0 Å². The molecule has 0 radical (unpaired) electrons. The molecule has 0 unspecified atom stereocenters. The molecule has 0 bridgehead atoms. The highest BCUT2D eigenvalue weighted by atomic mass is 16.2. The average molecular weight is 212 g/mol. The van der Waals surface area contributed by atoms with Crippen LogP contribution < -0.4 is 5.32 Å². The molecule has 0 aliphatic heterocycles. The van der Waals surface area contributed by atoms with Gasteiger partial charge in [0.25, 0.3) is 0 Å². The van der Waals surface area contributed by atoms with Crippen LogP contribution in [0.4, 0.5) is 0 Å². The van der Waals surface area contributed by atoms with E-state index in [1.807, 2.05) is 4.90 Å². The Bertz CT molecular complexity index is 190. The molecule has 1 rings (SSSR count). The van der Waals surface area contributed by atoms with Gasteiger partial charge in [0.1, 0.15) is 0 Å². The van der Waals surface area contributed by atoms with Crippen LogP contribution in [0.3, 0.4) is 0 Å². The second kappa shape index (κ2) is 6.83. The summed E-state index contributed by atoms with van der Waals surface area (Å²) in [7, 11) is 0. The Balaban J connectivity index is 2.10.